The number of nitrogens with zero attached hydrogens (tertiary/aromatic N) is 2. The molecule has 4 heteroatoms. The van der Waals surface area contributed by atoms with Crippen LogP contribution < -0.4 is 0 Å². The van der Waals surface area contributed by atoms with E-state index in [-0.39, 0.29) is 0 Å². The van der Waals surface area contributed by atoms with Crippen molar-refractivity contribution in [3.05, 3.63) is 41.7 Å². The number of phenolic OH excluding ortho intramolecular Hbond substituents is 1. The van der Waals surface area contributed by atoms with E-state index in [1.165, 1.54) is 5.69 Å². The van der Waals surface area contributed by atoms with Gasteiger partial charge in [-0.2, -0.15) is 5.10 Å². The van der Waals surface area contributed by atoms with Crippen molar-refractivity contribution in [2.45, 2.75) is 37.5 Å². The summed E-state index contributed by atoms with van der Waals surface area (Å²) in [5, 5.41) is 13.8. The Morgan fingerprint density at radius 3 is 2.56 bits per heavy atom. The average Bonchev–Trinajstić information content (AvgIpc) is 2.80. The molecule has 0 aliphatic rings. The molecule has 1 N–H and O–H groups in total. The maximum Gasteiger partial charge on any atom is 0.115 e. The van der Waals surface area contributed by atoms with Crippen molar-refractivity contribution in [1.29, 1.82) is 0 Å². The summed E-state index contributed by atoms with van der Waals surface area (Å²) in [5.74, 6) is 1.22. The number of rotatable bonds is 5. The lowest BCUT2D eigenvalue weighted by atomic mass is 10.3. The summed E-state index contributed by atoms with van der Waals surface area (Å²) in [6.07, 6.45) is 0.976. The van der Waals surface area contributed by atoms with Gasteiger partial charge in [0.25, 0.3) is 0 Å². The highest BCUT2D eigenvalue weighted by Gasteiger charge is 2.06. The van der Waals surface area contributed by atoms with Crippen LogP contribution in [0.25, 0.3) is 0 Å². The van der Waals surface area contributed by atoms with E-state index in [9.17, 15) is 5.11 Å². The molecule has 0 amide bonds. The minimum Gasteiger partial charge on any atom is -0.508 e. The molecule has 0 fully saturated rings. The Labute approximate surface area is 112 Å². The standard InChI is InChI=1S/C14H18N2OS/c1-3-11-9-12(16(4-2)15-11)10-18-14-7-5-13(17)6-8-14/h5-9,17H,3-4,10H2,1-2H3. The zero-order valence-electron chi connectivity index (χ0n) is 10.8. The maximum absolute atomic E-state index is 9.24. The van der Waals surface area contributed by atoms with Crippen LogP contribution in [-0.2, 0) is 18.7 Å². The van der Waals surface area contributed by atoms with E-state index >= 15 is 0 Å². The fourth-order valence-electron chi connectivity index (χ4n) is 1.78. The number of phenols is 1. The van der Waals surface area contributed by atoms with Crippen molar-refractivity contribution in [2.75, 3.05) is 0 Å². The molecule has 0 saturated carbocycles. The van der Waals surface area contributed by atoms with E-state index < -0.39 is 0 Å². The van der Waals surface area contributed by atoms with Gasteiger partial charge in [-0.05, 0) is 43.7 Å². The first kappa shape index (κ1) is 13.0. The Hall–Kier alpha value is -1.42. The monoisotopic (exact) mass is 262 g/mol. The number of thioether (sulfide) groups is 1. The molecule has 0 bridgehead atoms. The fraction of sp³-hybridized carbons (Fsp3) is 0.357. The highest BCUT2D eigenvalue weighted by molar-refractivity contribution is 7.98. The van der Waals surface area contributed by atoms with Crippen LogP contribution in [0, 0.1) is 0 Å². The minimum absolute atomic E-state index is 0.311. The van der Waals surface area contributed by atoms with Crippen molar-refractivity contribution < 1.29 is 5.11 Å². The van der Waals surface area contributed by atoms with Gasteiger partial charge in [0.1, 0.15) is 5.75 Å². The van der Waals surface area contributed by atoms with Crippen LogP contribution in [0.5, 0.6) is 5.75 Å². The largest absolute Gasteiger partial charge is 0.508 e. The molecule has 0 radical (unpaired) electrons. The van der Waals surface area contributed by atoms with Crippen LogP contribution in [0.3, 0.4) is 0 Å². The van der Waals surface area contributed by atoms with Crippen molar-refractivity contribution in [2.24, 2.45) is 0 Å². The second-order valence-corrected chi connectivity index (χ2v) is 5.13. The molecule has 0 saturated heterocycles. The molecule has 0 spiro atoms. The lowest BCUT2D eigenvalue weighted by Gasteiger charge is -2.04. The van der Waals surface area contributed by atoms with Gasteiger partial charge in [-0.25, -0.2) is 0 Å². The first-order valence-corrected chi connectivity index (χ1v) is 7.19. The lowest BCUT2D eigenvalue weighted by Crippen LogP contribution is -2.01. The smallest absolute Gasteiger partial charge is 0.115 e. The molecule has 0 aliphatic heterocycles. The number of aryl methyl sites for hydroxylation is 2. The van der Waals surface area contributed by atoms with Gasteiger partial charge in [-0.1, -0.05) is 6.92 Å². The van der Waals surface area contributed by atoms with Gasteiger partial charge in [0.2, 0.25) is 0 Å². The van der Waals surface area contributed by atoms with Gasteiger partial charge < -0.3 is 5.11 Å². The molecular weight excluding hydrogens is 244 g/mol. The molecule has 1 heterocycles. The normalized spacial score (nSPS) is 10.8. The molecule has 18 heavy (non-hydrogen) atoms. The number of benzene rings is 1. The molecule has 1 aromatic heterocycles. The zero-order valence-corrected chi connectivity index (χ0v) is 11.6. The van der Waals surface area contributed by atoms with Crippen LogP contribution in [0.2, 0.25) is 0 Å². The summed E-state index contributed by atoms with van der Waals surface area (Å²) >= 11 is 1.76. The molecule has 3 nitrogen and oxygen atoms in total. The van der Waals surface area contributed by atoms with E-state index in [4.69, 9.17) is 0 Å². The molecule has 0 aliphatic carbocycles. The van der Waals surface area contributed by atoms with E-state index in [0.717, 1.165) is 29.3 Å². The highest BCUT2D eigenvalue weighted by atomic mass is 32.2. The Bertz CT molecular complexity index is 505. The van der Waals surface area contributed by atoms with Gasteiger partial charge in [-0.3, -0.25) is 4.68 Å². The Balaban J connectivity index is 2.05. The summed E-state index contributed by atoms with van der Waals surface area (Å²) in [6.45, 7) is 5.14. The summed E-state index contributed by atoms with van der Waals surface area (Å²) in [5.41, 5.74) is 2.41. The number of hydrogen-bond donors (Lipinski definition) is 1. The van der Waals surface area contributed by atoms with E-state index in [2.05, 4.69) is 29.7 Å². The third kappa shape index (κ3) is 3.07. The number of aromatic hydroxyl groups is 1. The van der Waals surface area contributed by atoms with Crippen LogP contribution in [0.4, 0.5) is 0 Å². The van der Waals surface area contributed by atoms with Crippen LogP contribution in [-0.4, -0.2) is 14.9 Å². The Morgan fingerprint density at radius 2 is 1.94 bits per heavy atom. The van der Waals surface area contributed by atoms with Gasteiger partial charge in [0.05, 0.1) is 5.69 Å². The number of aromatic nitrogens is 2. The van der Waals surface area contributed by atoms with Gasteiger partial charge in [-0.15, -0.1) is 11.8 Å². The van der Waals surface area contributed by atoms with Crippen LogP contribution in [0.1, 0.15) is 25.2 Å². The molecule has 96 valence electrons. The predicted molar refractivity (Wildman–Crippen MR) is 74.9 cm³/mol. The zero-order chi connectivity index (χ0) is 13.0. The van der Waals surface area contributed by atoms with Crippen molar-refractivity contribution in [1.82, 2.24) is 9.78 Å². The third-order valence-corrected chi connectivity index (χ3v) is 3.84. The molecule has 0 atom stereocenters. The SMILES string of the molecule is CCc1cc(CSc2ccc(O)cc2)n(CC)n1. The van der Waals surface area contributed by atoms with Crippen LogP contribution in [0.15, 0.2) is 35.2 Å². The topological polar surface area (TPSA) is 38.0 Å². The van der Waals surface area contributed by atoms with Crippen molar-refractivity contribution in [3.63, 3.8) is 0 Å². The maximum atomic E-state index is 9.24. The molecule has 2 aromatic rings. The fourth-order valence-corrected chi connectivity index (χ4v) is 2.65. The van der Waals surface area contributed by atoms with E-state index in [1.54, 1.807) is 23.9 Å². The van der Waals surface area contributed by atoms with Crippen molar-refractivity contribution in [3.8, 4) is 5.75 Å². The third-order valence-electron chi connectivity index (χ3n) is 2.80. The second kappa shape index (κ2) is 5.96. The summed E-state index contributed by atoms with van der Waals surface area (Å²) in [6, 6.07) is 9.49. The highest BCUT2D eigenvalue weighted by Crippen LogP contribution is 2.24. The van der Waals surface area contributed by atoms with Gasteiger partial charge in [0, 0.05) is 22.9 Å². The number of hydrogen-bond acceptors (Lipinski definition) is 3. The summed E-state index contributed by atoms with van der Waals surface area (Å²) in [4.78, 5) is 1.16. The molecule has 2 rings (SSSR count). The first-order chi connectivity index (χ1) is 8.72. The minimum atomic E-state index is 0.311. The average molecular weight is 262 g/mol. The van der Waals surface area contributed by atoms with Gasteiger partial charge in [0.15, 0.2) is 0 Å². The van der Waals surface area contributed by atoms with Gasteiger partial charge >= 0.3 is 0 Å². The molecular formula is C14H18N2OS. The van der Waals surface area contributed by atoms with Crippen LogP contribution >= 0.6 is 11.8 Å². The van der Waals surface area contributed by atoms with E-state index in [1.807, 2.05) is 12.1 Å². The lowest BCUT2D eigenvalue weighted by molar-refractivity contribution is 0.475. The second-order valence-electron chi connectivity index (χ2n) is 4.08. The van der Waals surface area contributed by atoms with E-state index in [0.29, 0.717) is 5.75 Å². The molecule has 0 unspecified atom stereocenters. The Kier molecular flexibility index (Phi) is 4.31. The summed E-state index contributed by atoms with van der Waals surface area (Å²) in [7, 11) is 0. The van der Waals surface area contributed by atoms with Crippen molar-refractivity contribution >= 4 is 11.8 Å². The summed E-state index contributed by atoms with van der Waals surface area (Å²) < 4.78 is 2.06. The quantitative estimate of drug-likeness (QED) is 0.839. The predicted octanol–water partition coefficient (Wildman–Crippen LogP) is 3.46. The Morgan fingerprint density at radius 1 is 1.22 bits per heavy atom. The molecule has 1 aromatic carbocycles. The first-order valence-electron chi connectivity index (χ1n) is 6.20.